The fraction of sp³-hybridized carbons (Fsp3) is 0.304. The lowest BCUT2D eigenvalue weighted by atomic mass is 10.0. The number of halogens is 2. The fourth-order valence-corrected chi connectivity index (χ4v) is 3.38. The number of thioether (sulfide) groups is 1. The van der Waals surface area contributed by atoms with Gasteiger partial charge in [0.2, 0.25) is 0 Å². The van der Waals surface area contributed by atoms with E-state index in [1.807, 2.05) is 0 Å². The summed E-state index contributed by atoms with van der Waals surface area (Å²) >= 11 is 0.536. The van der Waals surface area contributed by atoms with Crippen molar-refractivity contribution in [1.29, 1.82) is 0 Å². The zero-order valence-electron chi connectivity index (χ0n) is 18.1. The molecule has 33 heavy (non-hydrogen) atoms. The van der Waals surface area contributed by atoms with Gasteiger partial charge in [-0.15, -0.1) is 0 Å². The predicted octanol–water partition coefficient (Wildman–Crippen LogP) is 5.25. The summed E-state index contributed by atoms with van der Waals surface area (Å²) in [5.41, 5.74) is 0.0940. The summed E-state index contributed by atoms with van der Waals surface area (Å²) in [5, 5.41) is 6.90. The molecule has 7 nitrogen and oxygen atoms in total. The summed E-state index contributed by atoms with van der Waals surface area (Å²) in [4.78, 5) is 47.5. The van der Waals surface area contributed by atoms with Crippen molar-refractivity contribution in [2.45, 2.75) is 45.0 Å². The van der Waals surface area contributed by atoms with E-state index in [4.69, 9.17) is 14.6 Å². The van der Waals surface area contributed by atoms with Crippen LogP contribution in [0.4, 0.5) is 13.6 Å². The maximum Gasteiger partial charge on any atom is 0.373 e. The first-order valence-corrected chi connectivity index (χ1v) is 10.8. The van der Waals surface area contributed by atoms with E-state index in [9.17, 15) is 28.0 Å². The van der Waals surface area contributed by atoms with Crippen molar-refractivity contribution in [2.24, 2.45) is 0 Å². The number of carbonyl (C=O) groups excluding carboxylic acids is 3. The predicted molar refractivity (Wildman–Crippen MR) is 117 cm³/mol. The molecule has 0 aromatic heterocycles. The molecule has 10 heteroatoms. The number of carboxylic acids is 1. The Labute approximate surface area is 193 Å². The van der Waals surface area contributed by atoms with Gasteiger partial charge in [0.05, 0.1) is 17.8 Å². The van der Waals surface area contributed by atoms with Crippen LogP contribution in [-0.4, -0.2) is 39.5 Å². The van der Waals surface area contributed by atoms with Crippen LogP contribution in [0, 0.1) is 11.6 Å². The first kappa shape index (κ1) is 26.0. The number of Topliss-reactive ketones (excluding diaryl/α,β-unsaturated/α-hetero) is 1. The number of hydrogen-bond acceptors (Lipinski definition) is 7. The van der Waals surface area contributed by atoms with Gasteiger partial charge < -0.3 is 14.6 Å². The van der Waals surface area contributed by atoms with Crippen LogP contribution >= 0.6 is 11.8 Å². The van der Waals surface area contributed by atoms with Crippen LogP contribution in [0.15, 0.2) is 36.4 Å². The first-order valence-electron chi connectivity index (χ1n) is 9.91. The quantitative estimate of drug-likeness (QED) is 0.485. The van der Waals surface area contributed by atoms with Gasteiger partial charge in [0.1, 0.15) is 28.7 Å². The van der Waals surface area contributed by atoms with E-state index in [2.05, 4.69) is 0 Å². The van der Waals surface area contributed by atoms with Crippen molar-refractivity contribution in [1.82, 2.24) is 0 Å². The van der Waals surface area contributed by atoms with Gasteiger partial charge >= 0.3 is 17.2 Å². The lowest BCUT2D eigenvalue weighted by Gasteiger charge is -2.14. The average molecular weight is 480 g/mol. The highest BCUT2D eigenvalue weighted by Crippen LogP contribution is 2.31. The van der Waals surface area contributed by atoms with Crippen LogP contribution in [0.5, 0.6) is 5.75 Å². The SMILES string of the molecule is CC(C)OC(=O)c1cc(-c2ccc(F)cc2F)ccc1OC(=O)SC(C)C(=O)CCC(=O)O. The number of benzene rings is 2. The third-order valence-corrected chi connectivity index (χ3v) is 5.18. The van der Waals surface area contributed by atoms with Crippen LogP contribution in [0.3, 0.4) is 0 Å². The Hall–Kier alpha value is -3.27. The molecule has 176 valence electrons. The topological polar surface area (TPSA) is 107 Å². The van der Waals surface area contributed by atoms with E-state index < -0.39 is 46.0 Å². The second-order valence-corrected chi connectivity index (χ2v) is 8.54. The number of aliphatic carboxylic acids is 1. The third kappa shape index (κ3) is 7.67. The Balaban J connectivity index is 2.27. The van der Waals surface area contributed by atoms with Crippen LogP contribution in [0.1, 0.15) is 44.0 Å². The van der Waals surface area contributed by atoms with Crippen LogP contribution < -0.4 is 4.74 Å². The standard InChI is InChI=1S/C23H22F2O7S/c1-12(2)31-22(29)17-10-14(16-6-5-15(24)11-18(16)25)4-8-20(17)32-23(30)33-13(3)19(26)7-9-21(27)28/h4-6,8,10-13H,7,9H2,1-3H3,(H,27,28). The van der Waals surface area contributed by atoms with Gasteiger partial charge in [0.25, 0.3) is 0 Å². The smallest absolute Gasteiger partial charge is 0.373 e. The van der Waals surface area contributed by atoms with Gasteiger partial charge in [-0.2, -0.15) is 0 Å². The lowest BCUT2D eigenvalue weighted by Crippen LogP contribution is -2.19. The summed E-state index contributed by atoms with van der Waals surface area (Å²) in [5.74, 6) is -4.17. The van der Waals surface area contributed by atoms with Gasteiger partial charge in [-0.05, 0) is 62.4 Å². The maximum atomic E-state index is 14.2. The van der Waals surface area contributed by atoms with Gasteiger partial charge in [-0.3, -0.25) is 9.59 Å². The highest BCUT2D eigenvalue weighted by Gasteiger charge is 2.23. The van der Waals surface area contributed by atoms with E-state index in [0.29, 0.717) is 17.8 Å². The number of esters is 1. The molecule has 0 saturated heterocycles. The summed E-state index contributed by atoms with van der Waals surface area (Å²) in [6, 6.07) is 6.90. The maximum absolute atomic E-state index is 14.2. The zero-order chi connectivity index (χ0) is 24.7. The summed E-state index contributed by atoms with van der Waals surface area (Å²) < 4.78 is 37.9. The molecule has 1 unspecified atom stereocenters. The fourth-order valence-electron chi connectivity index (χ4n) is 2.70. The molecule has 0 radical (unpaired) electrons. The molecule has 0 amide bonds. The van der Waals surface area contributed by atoms with Crippen molar-refractivity contribution in [3.63, 3.8) is 0 Å². The minimum Gasteiger partial charge on any atom is -0.481 e. The Morgan fingerprint density at radius 3 is 2.30 bits per heavy atom. The van der Waals surface area contributed by atoms with Gasteiger partial charge in [0.15, 0.2) is 0 Å². The average Bonchev–Trinajstić information content (AvgIpc) is 2.71. The van der Waals surface area contributed by atoms with Gasteiger partial charge in [-0.1, -0.05) is 6.07 Å². The summed E-state index contributed by atoms with van der Waals surface area (Å²) in [6.07, 6.45) is -1.08. The lowest BCUT2D eigenvalue weighted by molar-refractivity contribution is -0.138. The monoisotopic (exact) mass is 480 g/mol. The van der Waals surface area contributed by atoms with Crippen molar-refractivity contribution in [3.05, 3.63) is 53.6 Å². The molecule has 2 aromatic rings. The Kier molecular flexibility index (Phi) is 9.10. The van der Waals surface area contributed by atoms with E-state index in [1.165, 1.54) is 31.2 Å². The molecule has 0 aliphatic carbocycles. The minimum absolute atomic E-state index is 0.0277. The van der Waals surface area contributed by atoms with Gasteiger partial charge in [0, 0.05) is 18.1 Å². The molecule has 0 bridgehead atoms. The van der Waals surface area contributed by atoms with E-state index in [1.54, 1.807) is 13.8 Å². The van der Waals surface area contributed by atoms with E-state index >= 15 is 0 Å². The van der Waals surface area contributed by atoms with Crippen molar-refractivity contribution in [2.75, 3.05) is 0 Å². The van der Waals surface area contributed by atoms with Crippen molar-refractivity contribution >= 4 is 34.8 Å². The molecular formula is C23H22F2O7S. The van der Waals surface area contributed by atoms with Gasteiger partial charge in [-0.25, -0.2) is 18.4 Å². The van der Waals surface area contributed by atoms with Crippen LogP contribution in [-0.2, 0) is 14.3 Å². The number of ether oxygens (including phenoxy) is 2. The second-order valence-electron chi connectivity index (χ2n) is 7.26. The van der Waals surface area contributed by atoms with E-state index in [0.717, 1.165) is 6.07 Å². The molecular weight excluding hydrogens is 458 g/mol. The second kappa shape index (κ2) is 11.6. The molecule has 0 saturated carbocycles. The molecule has 1 N–H and O–H groups in total. The molecule has 2 rings (SSSR count). The van der Waals surface area contributed by atoms with E-state index in [-0.39, 0.29) is 35.3 Å². The molecule has 0 aliphatic heterocycles. The zero-order valence-corrected chi connectivity index (χ0v) is 18.9. The molecule has 0 spiro atoms. The summed E-state index contributed by atoms with van der Waals surface area (Å²) in [7, 11) is 0. The largest absolute Gasteiger partial charge is 0.481 e. The highest BCUT2D eigenvalue weighted by molar-refractivity contribution is 8.14. The number of ketones is 1. The number of carbonyl (C=O) groups is 4. The first-order chi connectivity index (χ1) is 15.5. The summed E-state index contributed by atoms with van der Waals surface area (Å²) in [6.45, 7) is 4.67. The molecule has 0 heterocycles. The molecule has 2 aromatic carbocycles. The Morgan fingerprint density at radius 2 is 1.70 bits per heavy atom. The molecule has 0 aliphatic rings. The Morgan fingerprint density at radius 1 is 1.00 bits per heavy atom. The number of hydrogen-bond donors (Lipinski definition) is 1. The normalized spacial score (nSPS) is 11.7. The molecule has 1 atom stereocenters. The number of rotatable bonds is 9. The van der Waals surface area contributed by atoms with Crippen molar-refractivity contribution in [3.8, 4) is 16.9 Å². The molecule has 0 fully saturated rings. The van der Waals surface area contributed by atoms with Crippen LogP contribution in [0.25, 0.3) is 11.1 Å². The highest BCUT2D eigenvalue weighted by atomic mass is 32.2. The minimum atomic E-state index is -1.13. The Bertz CT molecular complexity index is 1070. The number of carboxylic acid groups (broad SMARTS) is 1. The third-order valence-electron chi connectivity index (χ3n) is 4.29. The van der Waals surface area contributed by atoms with Crippen molar-refractivity contribution < 1.29 is 42.5 Å². The van der Waals surface area contributed by atoms with Crippen LogP contribution in [0.2, 0.25) is 0 Å².